The van der Waals surface area contributed by atoms with Gasteiger partial charge in [0.15, 0.2) is 5.13 Å². The van der Waals surface area contributed by atoms with Crippen LogP contribution in [0.15, 0.2) is 35.7 Å². The molecule has 2 heterocycles. The summed E-state index contributed by atoms with van der Waals surface area (Å²) >= 11 is 1.26. The van der Waals surface area contributed by atoms with Gasteiger partial charge >= 0.3 is 5.97 Å². The van der Waals surface area contributed by atoms with Gasteiger partial charge in [-0.1, -0.05) is 0 Å². The SMILES string of the molecule is COC(=O)Cc1csc(NC(=O)c2ccc(-n3nc(C)cc3C)cc2)n1. The van der Waals surface area contributed by atoms with E-state index in [9.17, 15) is 9.59 Å². The van der Waals surface area contributed by atoms with E-state index in [-0.39, 0.29) is 18.3 Å². The third kappa shape index (κ3) is 3.97. The van der Waals surface area contributed by atoms with Crippen molar-refractivity contribution in [2.75, 3.05) is 12.4 Å². The number of hydrogen-bond donors (Lipinski definition) is 1. The highest BCUT2D eigenvalue weighted by molar-refractivity contribution is 7.14. The summed E-state index contributed by atoms with van der Waals surface area (Å²) < 4.78 is 6.43. The number of anilines is 1. The number of aryl methyl sites for hydroxylation is 2. The molecule has 0 bridgehead atoms. The Labute approximate surface area is 154 Å². The normalized spacial score (nSPS) is 10.6. The van der Waals surface area contributed by atoms with Gasteiger partial charge in [-0.25, -0.2) is 9.67 Å². The predicted octanol–water partition coefficient (Wildman–Crippen LogP) is 2.91. The van der Waals surface area contributed by atoms with Crippen molar-refractivity contribution in [2.45, 2.75) is 20.3 Å². The molecule has 1 N–H and O–H groups in total. The Hall–Kier alpha value is -3.00. The molecule has 0 aliphatic heterocycles. The zero-order valence-corrected chi connectivity index (χ0v) is 15.5. The Morgan fingerprint density at radius 1 is 1.23 bits per heavy atom. The van der Waals surface area contributed by atoms with Gasteiger partial charge < -0.3 is 4.74 Å². The van der Waals surface area contributed by atoms with E-state index in [1.165, 1.54) is 18.4 Å². The van der Waals surface area contributed by atoms with Gasteiger partial charge in [0.2, 0.25) is 0 Å². The van der Waals surface area contributed by atoms with Crippen LogP contribution in [-0.2, 0) is 16.0 Å². The van der Waals surface area contributed by atoms with Crippen LogP contribution in [-0.4, -0.2) is 33.8 Å². The summed E-state index contributed by atoms with van der Waals surface area (Å²) in [6.45, 7) is 3.92. The van der Waals surface area contributed by atoms with E-state index in [1.807, 2.05) is 36.7 Å². The molecule has 0 aliphatic carbocycles. The van der Waals surface area contributed by atoms with Crippen LogP contribution in [0.2, 0.25) is 0 Å². The Morgan fingerprint density at radius 2 is 1.96 bits per heavy atom. The fourth-order valence-corrected chi connectivity index (χ4v) is 3.18. The number of hydrogen-bond acceptors (Lipinski definition) is 6. The Bertz CT molecular complexity index is 944. The molecule has 0 fully saturated rings. The molecule has 3 aromatic rings. The lowest BCUT2D eigenvalue weighted by atomic mass is 10.2. The maximum Gasteiger partial charge on any atom is 0.311 e. The van der Waals surface area contributed by atoms with Crippen molar-refractivity contribution in [2.24, 2.45) is 0 Å². The molecule has 0 aliphatic rings. The van der Waals surface area contributed by atoms with Crippen molar-refractivity contribution >= 4 is 28.3 Å². The van der Waals surface area contributed by atoms with E-state index in [0.717, 1.165) is 17.1 Å². The topological polar surface area (TPSA) is 86.1 Å². The number of amides is 1. The first kappa shape index (κ1) is 17.8. The molecule has 2 aromatic heterocycles. The summed E-state index contributed by atoms with van der Waals surface area (Å²) in [5, 5.41) is 9.33. The second-order valence-corrected chi connectivity index (χ2v) is 6.59. The first-order chi connectivity index (χ1) is 12.5. The first-order valence-corrected chi connectivity index (χ1v) is 8.80. The molecule has 0 spiro atoms. The van der Waals surface area contributed by atoms with Crippen molar-refractivity contribution in [3.63, 3.8) is 0 Å². The number of benzene rings is 1. The third-order valence-corrected chi connectivity index (χ3v) is 4.52. The Morgan fingerprint density at radius 3 is 2.58 bits per heavy atom. The highest BCUT2D eigenvalue weighted by Crippen LogP contribution is 2.18. The molecule has 1 aromatic carbocycles. The third-order valence-electron chi connectivity index (χ3n) is 3.71. The number of methoxy groups -OCH3 is 1. The molecule has 0 unspecified atom stereocenters. The van der Waals surface area contributed by atoms with E-state index in [4.69, 9.17) is 0 Å². The number of nitrogens with one attached hydrogen (secondary N) is 1. The second kappa shape index (κ2) is 7.49. The smallest absolute Gasteiger partial charge is 0.311 e. The average molecular weight is 370 g/mol. The summed E-state index contributed by atoms with van der Waals surface area (Å²) in [6.07, 6.45) is 0.0835. The lowest BCUT2D eigenvalue weighted by molar-refractivity contribution is -0.139. The number of ether oxygens (including phenoxy) is 1. The largest absolute Gasteiger partial charge is 0.469 e. The van der Waals surface area contributed by atoms with Gasteiger partial charge in [-0.15, -0.1) is 11.3 Å². The fraction of sp³-hybridized carbons (Fsp3) is 0.222. The number of thiazole rings is 1. The van der Waals surface area contributed by atoms with E-state index in [0.29, 0.717) is 16.4 Å². The molecule has 0 atom stereocenters. The number of carbonyl (C=O) groups is 2. The zero-order chi connectivity index (χ0) is 18.7. The molecule has 0 saturated heterocycles. The van der Waals surface area contributed by atoms with Crippen LogP contribution in [0.3, 0.4) is 0 Å². The summed E-state index contributed by atoms with van der Waals surface area (Å²) in [5.74, 6) is -0.628. The number of nitrogens with zero attached hydrogens (tertiary/aromatic N) is 3. The van der Waals surface area contributed by atoms with E-state index >= 15 is 0 Å². The standard InChI is InChI=1S/C18H18N4O3S/c1-11-8-12(2)22(21-11)15-6-4-13(5-7-15)17(24)20-18-19-14(10-26-18)9-16(23)25-3/h4-8,10H,9H2,1-3H3,(H,19,20,24). The van der Waals surface area contributed by atoms with E-state index < -0.39 is 0 Å². The highest BCUT2D eigenvalue weighted by Gasteiger charge is 2.12. The van der Waals surface area contributed by atoms with Crippen molar-refractivity contribution in [3.8, 4) is 5.69 Å². The maximum absolute atomic E-state index is 12.4. The minimum Gasteiger partial charge on any atom is -0.469 e. The van der Waals surface area contributed by atoms with E-state index in [2.05, 4.69) is 20.1 Å². The van der Waals surface area contributed by atoms with Crippen molar-refractivity contribution in [3.05, 3.63) is 58.4 Å². The van der Waals surface area contributed by atoms with Gasteiger partial charge in [0.25, 0.3) is 5.91 Å². The minimum atomic E-state index is -0.368. The van der Waals surface area contributed by atoms with Gasteiger partial charge in [-0.2, -0.15) is 5.10 Å². The zero-order valence-electron chi connectivity index (χ0n) is 14.6. The molecule has 1 amide bonds. The fourth-order valence-electron chi connectivity index (χ4n) is 2.48. The van der Waals surface area contributed by atoms with Crippen LogP contribution in [0.25, 0.3) is 5.69 Å². The molecule has 3 rings (SSSR count). The summed E-state index contributed by atoms with van der Waals surface area (Å²) in [7, 11) is 1.33. The molecule has 7 nitrogen and oxygen atoms in total. The van der Waals surface area contributed by atoms with Gasteiger partial charge in [-0.3, -0.25) is 14.9 Å². The van der Waals surface area contributed by atoms with Crippen LogP contribution < -0.4 is 5.32 Å². The van der Waals surface area contributed by atoms with Crippen molar-refractivity contribution < 1.29 is 14.3 Å². The summed E-state index contributed by atoms with van der Waals surface area (Å²) in [4.78, 5) is 27.8. The Kier molecular flexibility index (Phi) is 5.13. The number of rotatable bonds is 5. The highest BCUT2D eigenvalue weighted by atomic mass is 32.1. The van der Waals surface area contributed by atoms with E-state index in [1.54, 1.807) is 17.5 Å². The van der Waals surface area contributed by atoms with Crippen LogP contribution >= 0.6 is 11.3 Å². The second-order valence-electron chi connectivity index (χ2n) is 5.74. The van der Waals surface area contributed by atoms with Crippen molar-refractivity contribution in [1.82, 2.24) is 14.8 Å². The molecular weight excluding hydrogens is 352 g/mol. The van der Waals surface area contributed by atoms with Gasteiger partial charge in [-0.05, 0) is 44.2 Å². The van der Waals surface area contributed by atoms with Crippen LogP contribution in [0.1, 0.15) is 27.4 Å². The molecule has 0 radical (unpaired) electrons. The maximum atomic E-state index is 12.4. The Balaban J connectivity index is 1.69. The molecule has 134 valence electrons. The molecular formula is C18H18N4O3S. The van der Waals surface area contributed by atoms with Gasteiger partial charge in [0.05, 0.1) is 30.6 Å². The van der Waals surface area contributed by atoms with Gasteiger partial charge in [0, 0.05) is 16.6 Å². The minimum absolute atomic E-state index is 0.0835. The van der Waals surface area contributed by atoms with Crippen LogP contribution in [0.5, 0.6) is 0 Å². The quantitative estimate of drug-likeness (QED) is 0.698. The monoisotopic (exact) mass is 370 g/mol. The van der Waals surface area contributed by atoms with Crippen LogP contribution in [0.4, 0.5) is 5.13 Å². The average Bonchev–Trinajstić information content (AvgIpc) is 3.20. The molecule has 8 heteroatoms. The van der Waals surface area contributed by atoms with Gasteiger partial charge in [0.1, 0.15) is 0 Å². The lowest BCUT2D eigenvalue weighted by Gasteiger charge is -2.06. The molecule has 0 saturated carbocycles. The number of aromatic nitrogens is 3. The predicted molar refractivity (Wildman–Crippen MR) is 98.8 cm³/mol. The summed E-state index contributed by atoms with van der Waals surface area (Å²) in [6, 6.07) is 9.17. The molecule has 26 heavy (non-hydrogen) atoms. The first-order valence-electron chi connectivity index (χ1n) is 7.92. The van der Waals surface area contributed by atoms with Crippen molar-refractivity contribution in [1.29, 1.82) is 0 Å². The van der Waals surface area contributed by atoms with Crippen LogP contribution in [0, 0.1) is 13.8 Å². The number of esters is 1. The summed E-state index contributed by atoms with van der Waals surface area (Å²) in [5.41, 5.74) is 3.94. The number of carbonyl (C=O) groups excluding carboxylic acids is 2. The lowest BCUT2D eigenvalue weighted by Crippen LogP contribution is -2.12.